The van der Waals surface area contributed by atoms with E-state index >= 15 is 0 Å². The van der Waals surface area contributed by atoms with E-state index in [0.717, 1.165) is 89.9 Å². The van der Waals surface area contributed by atoms with E-state index in [1.165, 1.54) is 173 Å². The average molecular weight is 1180 g/mol. The Bertz CT molecular complexity index is 1740. The molecule has 3 atom stereocenters. The van der Waals surface area contributed by atoms with Gasteiger partial charge in [0.1, 0.15) is 19.3 Å². The normalized spacial score (nSPS) is 14.2. The van der Waals surface area contributed by atoms with E-state index in [1.807, 2.05) is 33.3 Å². The zero-order chi connectivity index (χ0) is 60.7. The Morgan fingerprint density at radius 1 is 0.422 bits per heavy atom. The molecule has 83 heavy (non-hydrogen) atoms. The highest BCUT2D eigenvalue weighted by Crippen LogP contribution is 2.38. The van der Waals surface area contributed by atoms with Crippen LogP contribution in [0.4, 0.5) is 0 Å². The van der Waals surface area contributed by atoms with Crippen LogP contribution >= 0.6 is 7.82 Å². The molecule has 0 bridgehead atoms. The summed E-state index contributed by atoms with van der Waals surface area (Å²) in [6.07, 6.45) is 83.9. The molecule has 0 radical (unpaired) electrons. The Labute approximate surface area is 513 Å². The summed E-state index contributed by atoms with van der Waals surface area (Å²) >= 11 is 0. The second-order valence-corrected chi connectivity index (χ2v) is 25.7. The van der Waals surface area contributed by atoms with Crippen LogP contribution in [0.25, 0.3) is 0 Å². The van der Waals surface area contributed by atoms with Gasteiger partial charge in [-0.1, -0.05) is 272 Å². The number of phosphoric ester groups is 1. The van der Waals surface area contributed by atoms with Gasteiger partial charge >= 0.3 is 5.97 Å². The van der Waals surface area contributed by atoms with Gasteiger partial charge in [-0.15, -0.1) is 0 Å². The van der Waals surface area contributed by atoms with Crippen LogP contribution in [-0.2, 0) is 27.9 Å². The second-order valence-electron chi connectivity index (χ2n) is 24.3. The number of nitrogens with one attached hydrogen (secondary N) is 1. The van der Waals surface area contributed by atoms with E-state index in [9.17, 15) is 19.0 Å². The first-order valence-corrected chi connectivity index (χ1v) is 36.0. The number of carbonyl (C=O) groups excluding carboxylic acids is 2. The lowest BCUT2D eigenvalue weighted by Gasteiger charge is -2.30. The molecule has 3 unspecified atom stereocenters. The number of hydrogen-bond acceptors (Lipinski definition) is 7. The van der Waals surface area contributed by atoms with Gasteiger partial charge in [-0.2, -0.15) is 0 Å². The van der Waals surface area contributed by atoms with Gasteiger partial charge in [0.15, 0.2) is 0 Å². The number of allylic oxidation sites excluding steroid dienone is 15. The van der Waals surface area contributed by atoms with E-state index < -0.39 is 26.6 Å². The number of amides is 1. The van der Waals surface area contributed by atoms with Crippen molar-refractivity contribution >= 4 is 19.7 Å². The number of likely N-dealkylation sites (N-methyl/N-ethyl adjacent to an activating group) is 1. The van der Waals surface area contributed by atoms with Crippen LogP contribution in [0.2, 0.25) is 0 Å². The molecule has 0 rings (SSSR count). The third kappa shape index (κ3) is 63.3. The number of carbonyl (C=O) groups is 2. The number of hydrogen-bond donors (Lipinski definition) is 1. The third-order valence-electron chi connectivity index (χ3n) is 15.0. The number of esters is 1. The smallest absolute Gasteiger partial charge is 0.306 e. The summed E-state index contributed by atoms with van der Waals surface area (Å²) in [5.74, 6) is -0.576. The second kappa shape index (κ2) is 62.0. The topological polar surface area (TPSA) is 114 Å². The molecule has 480 valence electrons. The number of rotatable bonds is 62. The summed E-state index contributed by atoms with van der Waals surface area (Å²) in [4.78, 5) is 40.1. The third-order valence-corrected chi connectivity index (χ3v) is 16.0. The first-order chi connectivity index (χ1) is 40.4. The van der Waals surface area contributed by atoms with Crippen molar-refractivity contribution < 1.29 is 37.3 Å². The number of ether oxygens (including phenoxy) is 1. The molecule has 0 aliphatic carbocycles. The van der Waals surface area contributed by atoms with Crippen molar-refractivity contribution in [1.82, 2.24) is 5.32 Å². The minimum absolute atomic E-state index is 0.0322. The monoisotopic (exact) mass is 1180 g/mol. The molecular formula is C73H131N2O7P. The molecule has 0 aromatic heterocycles. The van der Waals surface area contributed by atoms with Crippen LogP contribution in [0.1, 0.15) is 303 Å². The first kappa shape index (κ1) is 79.9. The van der Waals surface area contributed by atoms with E-state index in [1.54, 1.807) is 0 Å². The standard InChI is InChI=1S/C73H131N2O7P/c1-7-10-13-16-19-22-25-27-29-31-33-34-35-36-37-38-39-40-42-44-46-48-51-54-57-60-63-66-73(77)82-71(64-61-58-55-52-49-24-21-18-15-12-9-3)70(69-81-83(78,79)80-68-67-75(4,5)6)74-72(76)65-62-59-56-53-50-47-45-43-41-32-30-28-26-23-20-17-14-11-8-2/h19-20,22-23,27-30,33-34,41,43,47,50,61,64,70-71H,7-18,21,24-26,31-32,35-40,42,44-46,48-49,51-60,62-63,65-69H2,1-6H3,(H-,74,76,78,79)/b22-19-,23-20-,29-27-,30-28-,34-33-,43-41-,50-47-,64-61-. The molecule has 0 aromatic rings. The van der Waals surface area contributed by atoms with Gasteiger partial charge < -0.3 is 28.5 Å². The fraction of sp³-hybridized carbons (Fsp3) is 0.753. The Hall–Kier alpha value is -3.07. The summed E-state index contributed by atoms with van der Waals surface area (Å²) in [7, 11) is 1.16. The minimum atomic E-state index is -4.72. The van der Waals surface area contributed by atoms with Crippen molar-refractivity contribution in [2.24, 2.45) is 0 Å². The Morgan fingerprint density at radius 2 is 0.735 bits per heavy atom. The molecule has 0 heterocycles. The summed E-state index contributed by atoms with van der Waals surface area (Å²) < 4.78 is 30.4. The highest BCUT2D eigenvalue weighted by molar-refractivity contribution is 7.45. The van der Waals surface area contributed by atoms with Crippen molar-refractivity contribution in [1.29, 1.82) is 0 Å². The van der Waals surface area contributed by atoms with Gasteiger partial charge in [-0.25, -0.2) is 0 Å². The lowest BCUT2D eigenvalue weighted by Crippen LogP contribution is -2.47. The zero-order valence-electron chi connectivity index (χ0n) is 54.9. The van der Waals surface area contributed by atoms with Crippen LogP contribution in [0.5, 0.6) is 0 Å². The predicted molar refractivity (Wildman–Crippen MR) is 358 cm³/mol. The van der Waals surface area contributed by atoms with Gasteiger partial charge in [0.25, 0.3) is 7.82 Å². The van der Waals surface area contributed by atoms with Gasteiger partial charge in [-0.05, 0) is 115 Å². The van der Waals surface area contributed by atoms with Gasteiger partial charge in [0, 0.05) is 12.8 Å². The summed E-state index contributed by atoms with van der Waals surface area (Å²) in [5, 5.41) is 3.02. The molecule has 0 aliphatic rings. The number of quaternary nitrogens is 1. The summed E-state index contributed by atoms with van der Waals surface area (Å²) in [5.41, 5.74) is 0. The maximum absolute atomic E-state index is 13.6. The predicted octanol–water partition coefficient (Wildman–Crippen LogP) is 21.3. The van der Waals surface area contributed by atoms with Gasteiger partial charge in [0.05, 0.1) is 33.8 Å². The average Bonchev–Trinajstić information content (AvgIpc) is 3.52. The molecule has 0 saturated heterocycles. The maximum Gasteiger partial charge on any atom is 0.306 e. The number of phosphoric acid groups is 1. The summed E-state index contributed by atoms with van der Waals surface area (Å²) in [6.45, 7) is 6.77. The molecule has 9 nitrogen and oxygen atoms in total. The van der Waals surface area contributed by atoms with Crippen LogP contribution in [-0.4, -0.2) is 69.4 Å². The van der Waals surface area contributed by atoms with Crippen molar-refractivity contribution in [3.8, 4) is 0 Å². The van der Waals surface area contributed by atoms with Crippen LogP contribution in [0.3, 0.4) is 0 Å². The highest BCUT2D eigenvalue weighted by atomic mass is 31.2. The molecule has 0 aliphatic heterocycles. The van der Waals surface area contributed by atoms with Crippen molar-refractivity contribution in [2.75, 3.05) is 40.9 Å². The largest absolute Gasteiger partial charge is 0.756 e. The molecule has 0 fully saturated rings. The molecule has 10 heteroatoms. The van der Waals surface area contributed by atoms with E-state index in [2.05, 4.69) is 111 Å². The molecule has 1 amide bonds. The Kier molecular flexibility index (Phi) is 59.7. The van der Waals surface area contributed by atoms with Gasteiger partial charge in [0.2, 0.25) is 5.91 Å². The number of nitrogens with zero attached hydrogens (tertiary/aromatic N) is 1. The SMILES string of the molecule is CCCCC/C=C\C/C=C\C/C=C\C/C=C\CCCCCC(=O)NC(COP(=O)([O-])OCC[N+](C)(C)C)C(/C=C\CCCCCCCCCCC)OC(=O)CCCCCCCCCCCCCCCC/C=C\C/C=C\C/C=C\CCCCC. The van der Waals surface area contributed by atoms with Crippen LogP contribution < -0.4 is 10.2 Å². The first-order valence-electron chi connectivity index (χ1n) is 34.5. The molecule has 0 aromatic carbocycles. The van der Waals surface area contributed by atoms with Gasteiger partial charge in [-0.3, -0.25) is 14.2 Å². The fourth-order valence-corrected chi connectivity index (χ4v) is 10.4. The Morgan fingerprint density at radius 3 is 1.13 bits per heavy atom. The molecule has 0 spiro atoms. The zero-order valence-corrected chi connectivity index (χ0v) is 55.8. The van der Waals surface area contributed by atoms with Crippen molar-refractivity contribution in [3.05, 3.63) is 97.2 Å². The lowest BCUT2D eigenvalue weighted by molar-refractivity contribution is -0.870. The fourth-order valence-electron chi connectivity index (χ4n) is 9.63. The molecule has 0 saturated carbocycles. The van der Waals surface area contributed by atoms with E-state index in [4.69, 9.17) is 13.8 Å². The quantitative estimate of drug-likeness (QED) is 0.0212. The van der Waals surface area contributed by atoms with Crippen LogP contribution in [0, 0.1) is 0 Å². The van der Waals surface area contributed by atoms with E-state index in [-0.39, 0.29) is 31.3 Å². The van der Waals surface area contributed by atoms with Crippen molar-refractivity contribution in [3.63, 3.8) is 0 Å². The van der Waals surface area contributed by atoms with E-state index in [0.29, 0.717) is 17.4 Å². The summed E-state index contributed by atoms with van der Waals surface area (Å²) in [6, 6.07) is -0.910. The lowest BCUT2D eigenvalue weighted by atomic mass is 10.0. The highest BCUT2D eigenvalue weighted by Gasteiger charge is 2.27. The molecular weight excluding hydrogens is 1050 g/mol. The van der Waals surface area contributed by atoms with Crippen molar-refractivity contribution in [2.45, 2.75) is 315 Å². The minimum Gasteiger partial charge on any atom is -0.756 e. The molecule has 1 N–H and O–H groups in total. The van der Waals surface area contributed by atoms with Crippen LogP contribution in [0.15, 0.2) is 97.2 Å². The number of unbranched alkanes of at least 4 members (excludes halogenated alkanes) is 32. The Balaban J connectivity index is 5.07. The maximum atomic E-state index is 13.6.